The number of rotatable bonds is 6. The Morgan fingerprint density at radius 2 is 2.10 bits per heavy atom. The topological polar surface area (TPSA) is 75.1 Å². The van der Waals surface area contributed by atoms with Gasteiger partial charge < -0.3 is 10.1 Å². The van der Waals surface area contributed by atoms with Crippen LogP contribution in [0.1, 0.15) is 43.5 Å². The number of nitrogens with one attached hydrogen (secondary N) is 1. The summed E-state index contributed by atoms with van der Waals surface area (Å²) in [5, 5.41) is 9.02. The number of carbonyl (C=O) groups is 1. The van der Waals surface area contributed by atoms with E-state index in [1.165, 1.54) is 6.07 Å². The fourth-order valence-electron chi connectivity index (χ4n) is 2.33. The summed E-state index contributed by atoms with van der Waals surface area (Å²) in [6, 6.07) is 4.70. The predicted molar refractivity (Wildman–Crippen MR) is 78.2 cm³/mol. The van der Waals surface area contributed by atoms with Crippen molar-refractivity contribution in [2.45, 2.75) is 39.7 Å². The van der Waals surface area contributed by atoms with Crippen LogP contribution in [-0.2, 0) is 6.54 Å². The first-order chi connectivity index (χ1) is 9.49. The van der Waals surface area contributed by atoms with Crippen LogP contribution in [0.25, 0.3) is 11.0 Å². The minimum atomic E-state index is -0.980. The van der Waals surface area contributed by atoms with Crippen LogP contribution in [0.2, 0.25) is 0 Å². The largest absolute Gasteiger partial charge is 0.478 e. The maximum atomic E-state index is 11.9. The molecular formula is C15H20N2O3. The third-order valence-corrected chi connectivity index (χ3v) is 3.44. The number of fused-ring (bicyclic) bond motifs is 1. The minimum Gasteiger partial charge on any atom is -0.478 e. The van der Waals surface area contributed by atoms with Crippen molar-refractivity contribution in [3.63, 3.8) is 0 Å². The van der Waals surface area contributed by atoms with Crippen LogP contribution in [0.15, 0.2) is 23.0 Å². The second-order valence-electron chi connectivity index (χ2n) is 5.51. The Kier molecular flexibility index (Phi) is 4.27. The molecule has 1 heterocycles. The van der Waals surface area contributed by atoms with Gasteiger partial charge in [-0.3, -0.25) is 4.57 Å². The van der Waals surface area contributed by atoms with Gasteiger partial charge in [-0.05, 0) is 30.5 Å². The van der Waals surface area contributed by atoms with Crippen LogP contribution >= 0.6 is 0 Å². The molecule has 0 aliphatic heterocycles. The fourth-order valence-corrected chi connectivity index (χ4v) is 2.33. The van der Waals surface area contributed by atoms with Gasteiger partial charge in [0.1, 0.15) is 0 Å². The lowest BCUT2D eigenvalue weighted by Gasteiger charge is -2.06. The van der Waals surface area contributed by atoms with Gasteiger partial charge in [0.15, 0.2) is 0 Å². The van der Waals surface area contributed by atoms with E-state index in [0.717, 1.165) is 19.3 Å². The lowest BCUT2D eigenvalue weighted by atomic mass is 10.1. The summed E-state index contributed by atoms with van der Waals surface area (Å²) in [5.41, 5.74) is 1.38. The van der Waals surface area contributed by atoms with Crippen molar-refractivity contribution in [2.24, 2.45) is 5.92 Å². The maximum Gasteiger partial charge on any atom is 0.335 e. The first kappa shape index (κ1) is 14.4. The summed E-state index contributed by atoms with van der Waals surface area (Å²) in [5.74, 6) is -0.319. The molecule has 0 fully saturated rings. The van der Waals surface area contributed by atoms with E-state index < -0.39 is 5.97 Å². The number of aryl methyl sites for hydroxylation is 1. The molecule has 0 aliphatic carbocycles. The smallest absolute Gasteiger partial charge is 0.335 e. The van der Waals surface area contributed by atoms with Gasteiger partial charge in [-0.2, -0.15) is 0 Å². The number of hydrogen-bond donors (Lipinski definition) is 2. The van der Waals surface area contributed by atoms with Crippen molar-refractivity contribution in [1.29, 1.82) is 0 Å². The average Bonchev–Trinajstić information content (AvgIpc) is 2.69. The highest BCUT2D eigenvalue weighted by atomic mass is 16.4. The van der Waals surface area contributed by atoms with Crippen LogP contribution in [0.3, 0.4) is 0 Å². The van der Waals surface area contributed by atoms with Crippen LogP contribution in [0.5, 0.6) is 0 Å². The number of carboxylic acids is 1. The highest BCUT2D eigenvalue weighted by Crippen LogP contribution is 2.14. The molecular weight excluding hydrogens is 256 g/mol. The summed E-state index contributed by atoms with van der Waals surface area (Å²) in [6.45, 7) is 4.97. The Bertz CT molecular complexity index is 667. The molecule has 0 saturated heterocycles. The third kappa shape index (κ3) is 3.10. The monoisotopic (exact) mass is 276 g/mol. The number of aromatic nitrogens is 2. The van der Waals surface area contributed by atoms with E-state index in [-0.39, 0.29) is 11.3 Å². The number of imidazole rings is 1. The number of carboxylic acid groups (broad SMARTS) is 1. The fraction of sp³-hybridized carbons (Fsp3) is 0.467. The van der Waals surface area contributed by atoms with Gasteiger partial charge in [0.05, 0.1) is 16.6 Å². The van der Waals surface area contributed by atoms with E-state index in [1.807, 2.05) is 0 Å². The lowest BCUT2D eigenvalue weighted by molar-refractivity contribution is 0.0697. The van der Waals surface area contributed by atoms with Crippen LogP contribution in [0, 0.1) is 5.92 Å². The molecule has 0 unspecified atom stereocenters. The zero-order valence-electron chi connectivity index (χ0n) is 11.8. The van der Waals surface area contributed by atoms with E-state index in [4.69, 9.17) is 5.11 Å². The number of aromatic amines is 1. The number of unbranched alkanes of at least 4 members (excludes halogenated alkanes) is 1. The summed E-state index contributed by atoms with van der Waals surface area (Å²) in [4.78, 5) is 25.7. The Morgan fingerprint density at radius 3 is 2.75 bits per heavy atom. The molecule has 5 heteroatoms. The predicted octanol–water partition coefficient (Wildman–Crippen LogP) is 2.85. The van der Waals surface area contributed by atoms with Gasteiger partial charge >= 0.3 is 11.7 Å². The van der Waals surface area contributed by atoms with Gasteiger partial charge in [-0.15, -0.1) is 0 Å². The number of aromatic carboxylic acids is 1. The number of nitrogens with zero attached hydrogens (tertiary/aromatic N) is 1. The molecule has 0 spiro atoms. The first-order valence-electron chi connectivity index (χ1n) is 6.95. The third-order valence-electron chi connectivity index (χ3n) is 3.44. The molecule has 0 radical (unpaired) electrons. The van der Waals surface area contributed by atoms with Gasteiger partial charge in [-0.1, -0.05) is 26.7 Å². The second kappa shape index (κ2) is 5.94. The van der Waals surface area contributed by atoms with Gasteiger partial charge in [0, 0.05) is 6.54 Å². The van der Waals surface area contributed by atoms with E-state index in [1.54, 1.807) is 16.7 Å². The molecule has 0 bridgehead atoms. The van der Waals surface area contributed by atoms with Crippen molar-refractivity contribution in [3.05, 3.63) is 34.2 Å². The molecule has 2 N–H and O–H groups in total. The Balaban J connectivity index is 2.23. The Hall–Kier alpha value is -2.04. The summed E-state index contributed by atoms with van der Waals surface area (Å²) in [6.07, 6.45) is 3.12. The molecule has 2 aromatic rings. The van der Waals surface area contributed by atoms with Gasteiger partial charge in [0.25, 0.3) is 0 Å². The maximum absolute atomic E-state index is 11.9. The lowest BCUT2D eigenvalue weighted by Crippen LogP contribution is -2.16. The molecule has 1 aromatic carbocycles. The van der Waals surface area contributed by atoms with Gasteiger partial charge in [0.2, 0.25) is 0 Å². The summed E-state index contributed by atoms with van der Waals surface area (Å²) < 4.78 is 1.63. The van der Waals surface area contributed by atoms with Crippen LogP contribution in [0.4, 0.5) is 0 Å². The van der Waals surface area contributed by atoms with Gasteiger partial charge in [-0.25, -0.2) is 9.59 Å². The normalized spacial score (nSPS) is 11.3. The number of hydrogen-bond acceptors (Lipinski definition) is 2. The van der Waals surface area contributed by atoms with E-state index in [0.29, 0.717) is 23.5 Å². The molecule has 108 valence electrons. The van der Waals surface area contributed by atoms with Crippen molar-refractivity contribution >= 4 is 17.0 Å². The molecule has 0 atom stereocenters. The molecule has 0 aliphatic rings. The summed E-state index contributed by atoms with van der Waals surface area (Å²) >= 11 is 0. The SMILES string of the molecule is CC(C)CCCCn1c(=O)[nH]c2ccc(C(=O)O)cc21. The first-order valence-corrected chi connectivity index (χ1v) is 6.95. The standard InChI is InChI=1S/C15H20N2O3/c1-10(2)5-3-4-8-17-13-9-11(14(18)19)6-7-12(13)16-15(17)20/h6-7,9-10H,3-5,8H2,1-2H3,(H,16,20)(H,18,19). The quantitative estimate of drug-likeness (QED) is 0.797. The molecule has 0 amide bonds. The molecule has 0 saturated carbocycles. The number of benzene rings is 1. The number of H-pyrrole nitrogens is 1. The van der Waals surface area contributed by atoms with Crippen LogP contribution < -0.4 is 5.69 Å². The molecule has 2 rings (SSSR count). The van der Waals surface area contributed by atoms with Crippen LogP contribution in [-0.4, -0.2) is 20.6 Å². The minimum absolute atomic E-state index is 0.174. The molecule has 1 aromatic heterocycles. The van der Waals surface area contributed by atoms with Crippen molar-refractivity contribution in [1.82, 2.24) is 9.55 Å². The zero-order valence-corrected chi connectivity index (χ0v) is 11.8. The van der Waals surface area contributed by atoms with E-state index in [9.17, 15) is 9.59 Å². The van der Waals surface area contributed by atoms with Crippen molar-refractivity contribution < 1.29 is 9.90 Å². The highest BCUT2D eigenvalue weighted by molar-refractivity contribution is 5.92. The Labute approximate surface area is 117 Å². The average molecular weight is 276 g/mol. The van der Waals surface area contributed by atoms with Crippen molar-refractivity contribution in [3.8, 4) is 0 Å². The summed E-state index contributed by atoms with van der Waals surface area (Å²) in [7, 11) is 0. The highest BCUT2D eigenvalue weighted by Gasteiger charge is 2.10. The zero-order chi connectivity index (χ0) is 14.7. The van der Waals surface area contributed by atoms with E-state index in [2.05, 4.69) is 18.8 Å². The van der Waals surface area contributed by atoms with E-state index >= 15 is 0 Å². The Morgan fingerprint density at radius 1 is 1.35 bits per heavy atom. The van der Waals surface area contributed by atoms with Crippen molar-refractivity contribution in [2.75, 3.05) is 0 Å². The second-order valence-corrected chi connectivity index (χ2v) is 5.51. The molecule has 5 nitrogen and oxygen atoms in total. The molecule has 20 heavy (non-hydrogen) atoms.